The third kappa shape index (κ3) is 13.9. The Morgan fingerprint density at radius 1 is 0.809 bits per heavy atom. The number of nitrogens with one attached hydrogen (secondary N) is 2. The van der Waals surface area contributed by atoms with Gasteiger partial charge in [0.25, 0.3) is 5.91 Å². The van der Waals surface area contributed by atoms with Gasteiger partial charge < -0.3 is 30.2 Å². The molecule has 1 aliphatic heterocycles. The van der Waals surface area contributed by atoms with E-state index in [-0.39, 0.29) is 23.8 Å². The fraction of sp³-hybridized carbons (Fsp3) is 0.426. The number of rotatable bonds is 26. The number of carbonyl (C=O) groups excluding carboxylic acids is 2. The molecule has 68 heavy (non-hydrogen) atoms. The first kappa shape index (κ1) is 49.8. The molecule has 1 aliphatic carbocycles. The third-order valence-electron chi connectivity index (χ3n) is 11.3. The van der Waals surface area contributed by atoms with Gasteiger partial charge in [-0.1, -0.05) is 15.5 Å². The number of carboxylic acid groups (broad SMARTS) is 2. The minimum absolute atomic E-state index is 0.0520. The molecule has 0 bridgehead atoms. The van der Waals surface area contributed by atoms with Gasteiger partial charge in [-0.2, -0.15) is 0 Å². The Morgan fingerprint density at radius 2 is 1.50 bits per heavy atom. The van der Waals surface area contributed by atoms with E-state index in [1.165, 1.54) is 12.1 Å². The lowest BCUT2D eigenvalue weighted by Crippen LogP contribution is -2.29. The summed E-state index contributed by atoms with van der Waals surface area (Å²) < 4.78 is 11.8. The topological polar surface area (TPSA) is 266 Å². The fourth-order valence-corrected chi connectivity index (χ4v) is 7.73. The number of aromatic carboxylic acids is 1. The number of azide groups is 1. The molecule has 4 aromatic rings. The van der Waals surface area contributed by atoms with Crippen LogP contribution in [0.2, 0.25) is 0 Å². The average Bonchev–Trinajstić information content (AvgIpc) is 3.97. The Kier molecular flexibility index (Phi) is 17.7. The minimum atomic E-state index is -1.12. The Balaban J connectivity index is 0.971. The molecule has 2 aliphatic rings. The van der Waals surface area contributed by atoms with E-state index in [1.807, 2.05) is 86.5 Å². The molecule has 21 nitrogen and oxygen atoms in total. The van der Waals surface area contributed by atoms with Crippen molar-refractivity contribution in [3.8, 4) is 22.5 Å². The highest BCUT2D eigenvalue weighted by Gasteiger charge is 2.24. The molecule has 6 rings (SSSR count). The highest BCUT2D eigenvalue weighted by molar-refractivity contribution is 6.09. The Hall–Kier alpha value is -7.64. The Labute approximate surface area is 393 Å². The Bertz CT molecular complexity index is 2800. The van der Waals surface area contributed by atoms with Crippen molar-refractivity contribution < 1.29 is 33.8 Å². The van der Waals surface area contributed by atoms with Crippen molar-refractivity contribution in [2.24, 2.45) is 5.11 Å². The minimum Gasteiger partial charge on any atom is -0.481 e. The van der Waals surface area contributed by atoms with Crippen LogP contribution < -0.4 is 25.5 Å². The zero-order valence-corrected chi connectivity index (χ0v) is 39.0. The summed E-state index contributed by atoms with van der Waals surface area (Å²) in [6.07, 6.45) is 7.88. The number of amides is 2. The predicted molar refractivity (Wildman–Crippen MR) is 255 cm³/mol. The first-order chi connectivity index (χ1) is 32.8. The summed E-state index contributed by atoms with van der Waals surface area (Å²) in [4.78, 5) is 56.5. The van der Waals surface area contributed by atoms with E-state index in [2.05, 4.69) is 46.2 Å². The van der Waals surface area contributed by atoms with Gasteiger partial charge in [-0.25, -0.2) is 9.37 Å². The molecule has 0 fully saturated rings. The number of carbonyl (C=O) groups is 4. The summed E-state index contributed by atoms with van der Waals surface area (Å²) in [7, 11) is 7.73. The van der Waals surface area contributed by atoms with Crippen LogP contribution in [0.3, 0.4) is 0 Å². The molecule has 3 heterocycles. The zero-order chi connectivity index (χ0) is 48.6. The molecule has 0 saturated heterocycles. The molecule has 0 spiro atoms. The van der Waals surface area contributed by atoms with Crippen LogP contribution in [0.4, 0.5) is 5.69 Å². The van der Waals surface area contributed by atoms with Crippen LogP contribution >= 0.6 is 0 Å². The molecule has 0 saturated carbocycles. The maximum Gasteiger partial charge on any atom is 0.336 e. The van der Waals surface area contributed by atoms with E-state index < -0.39 is 11.9 Å². The van der Waals surface area contributed by atoms with Crippen molar-refractivity contribution in [3.63, 3.8) is 0 Å². The number of aromatic nitrogens is 6. The largest absolute Gasteiger partial charge is 0.481 e. The normalized spacial score (nSPS) is 11.2. The summed E-state index contributed by atoms with van der Waals surface area (Å²) in [5.74, 6) is -1.83. The number of anilines is 1. The summed E-state index contributed by atoms with van der Waals surface area (Å²) in [5.41, 5.74) is 13.8. The number of nitrogens with zero attached hydrogens (tertiary/aromatic N) is 12. The number of benzene rings is 3. The van der Waals surface area contributed by atoms with Crippen LogP contribution in [0.25, 0.3) is 43.9 Å². The van der Waals surface area contributed by atoms with Crippen LogP contribution in [-0.2, 0) is 35.8 Å². The monoisotopic (exact) mass is 931 g/mol. The Morgan fingerprint density at radius 3 is 2.15 bits per heavy atom. The van der Waals surface area contributed by atoms with Gasteiger partial charge >= 0.3 is 11.9 Å². The second-order valence-electron chi connectivity index (χ2n) is 16.9. The molecule has 2 amide bonds. The number of unbranched alkanes of at least 4 members (excludes halogenated alkanes) is 2. The molecule has 21 heteroatoms. The van der Waals surface area contributed by atoms with E-state index in [9.17, 15) is 24.3 Å². The predicted octanol–water partition coefficient (Wildman–Crippen LogP) is 5.25. The van der Waals surface area contributed by atoms with E-state index in [1.54, 1.807) is 15.4 Å². The van der Waals surface area contributed by atoms with Gasteiger partial charge in [-0.15, -0.1) is 10.2 Å². The van der Waals surface area contributed by atoms with Crippen LogP contribution in [0.1, 0.15) is 83.5 Å². The smallest absolute Gasteiger partial charge is 0.336 e. The van der Waals surface area contributed by atoms with Gasteiger partial charge in [-0.05, 0) is 92.6 Å². The van der Waals surface area contributed by atoms with Crippen molar-refractivity contribution in [3.05, 3.63) is 105 Å². The summed E-state index contributed by atoms with van der Waals surface area (Å²) in [6, 6.07) is 16.1. The molecule has 2 aromatic carbocycles. The van der Waals surface area contributed by atoms with E-state index in [0.29, 0.717) is 136 Å². The van der Waals surface area contributed by atoms with Crippen LogP contribution in [-0.4, -0.2) is 123 Å². The molecule has 0 unspecified atom stereocenters. The van der Waals surface area contributed by atoms with Crippen molar-refractivity contribution in [2.75, 3.05) is 59.3 Å². The fourth-order valence-electron chi connectivity index (χ4n) is 7.73. The van der Waals surface area contributed by atoms with Crippen molar-refractivity contribution in [1.82, 2.24) is 50.1 Å². The quantitative estimate of drug-likeness (QED) is 0.0135. The molecule has 358 valence electrons. The second-order valence-corrected chi connectivity index (χ2v) is 16.9. The third-order valence-corrected chi connectivity index (χ3v) is 11.3. The zero-order valence-electron chi connectivity index (χ0n) is 39.0. The van der Waals surface area contributed by atoms with Gasteiger partial charge in [-0.3, -0.25) is 28.6 Å². The van der Waals surface area contributed by atoms with Gasteiger partial charge in [0.2, 0.25) is 11.3 Å². The lowest BCUT2D eigenvalue weighted by molar-refractivity contribution is -0.137. The molecule has 2 aromatic heterocycles. The highest BCUT2D eigenvalue weighted by atomic mass is 16.4. The van der Waals surface area contributed by atoms with Crippen molar-refractivity contribution >= 4 is 40.4 Å². The van der Waals surface area contributed by atoms with Crippen molar-refractivity contribution in [1.29, 1.82) is 0 Å². The number of aryl methyl sites for hydroxylation is 2. The maximum absolute atomic E-state index is 13.5. The van der Waals surface area contributed by atoms with Gasteiger partial charge in [0, 0.05) is 130 Å². The number of aliphatic carboxylic acids is 1. The number of fused-ring (bicyclic) bond motifs is 2. The van der Waals surface area contributed by atoms with Gasteiger partial charge in [0.1, 0.15) is 25.4 Å². The number of hydrogen-bond acceptors (Lipinski definition) is 12. The summed E-state index contributed by atoms with van der Waals surface area (Å²) >= 11 is 0. The van der Waals surface area contributed by atoms with Crippen LogP contribution in [0.5, 0.6) is 0 Å². The van der Waals surface area contributed by atoms with Crippen molar-refractivity contribution in [2.45, 2.75) is 77.5 Å². The lowest BCUT2D eigenvalue weighted by atomic mass is 9.89. The number of carboxylic acids is 2. The number of hydrogen-bond donors (Lipinski definition) is 4. The molecular formula is C47H59N14O7+. The summed E-state index contributed by atoms with van der Waals surface area (Å²) in [6.45, 7) is 3.77. The van der Waals surface area contributed by atoms with Gasteiger partial charge in [0.15, 0.2) is 0 Å². The SMILES string of the molecule is CN(C)c1ccc2c(-c3cc(C(=O)NCCCNC(=O)CCCCn4cc(CN(CCCN=[N+]=[N-])Cc5cn(CCCCC(=O)O)nn5)nn4)ccc3C(=O)O)c3ccc(=[N+](C)C)cc-3oc2c1. The van der Waals surface area contributed by atoms with Gasteiger partial charge in [0.05, 0.1) is 23.0 Å². The first-order valence-electron chi connectivity index (χ1n) is 22.6. The molecule has 4 N–H and O–H groups in total. The molecular weight excluding hydrogens is 873 g/mol. The first-order valence-corrected chi connectivity index (χ1v) is 22.6. The lowest BCUT2D eigenvalue weighted by Gasteiger charge is -2.19. The van der Waals surface area contributed by atoms with E-state index in [4.69, 9.17) is 15.1 Å². The second kappa shape index (κ2) is 24.2. The van der Waals surface area contributed by atoms with E-state index in [0.717, 1.165) is 22.4 Å². The molecule has 0 atom stereocenters. The standard InChI is InChI=1S/C47H58N14O7/c1-57(2)35-14-17-38-41(26-35)68-42-27-36(58(3)4)15-18-39(42)45(38)40-25-32(13-16-37(40)47(66)67)46(65)50-20-9-19-49-43(62)11-5-7-23-60-30-33(52-55-60)28-59(22-10-21-51-54-48)29-34-31-61(56-53-34)24-8-6-12-44(63)64/h13-18,25-27,30-31H,5-12,19-24,28-29H2,1-4H3,(H3-,49,50,62,63,64,65,66,67)/p+1. The summed E-state index contributed by atoms with van der Waals surface area (Å²) in [5, 5.41) is 47.4. The van der Waals surface area contributed by atoms with Crippen LogP contribution in [0.15, 0.2) is 76.5 Å². The highest BCUT2D eigenvalue weighted by Crippen LogP contribution is 2.42. The van der Waals surface area contributed by atoms with E-state index >= 15 is 0 Å². The van der Waals surface area contributed by atoms with Crippen LogP contribution in [0, 0.1) is 0 Å². The molecule has 0 radical (unpaired) electrons. The maximum atomic E-state index is 13.5. The average molecular weight is 932 g/mol.